The normalized spacial score (nSPS) is 19.1. The Kier molecular flexibility index (Phi) is 51.1. The van der Waals surface area contributed by atoms with Crippen LogP contribution in [0.5, 0.6) is 0 Å². The molecule has 0 bridgehead atoms. The zero-order valence-electron chi connectivity index (χ0n) is 47.7. The van der Waals surface area contributed by atoms with Crippen LogP contribution < -0.4 is 5.32 Å². The summed E-state index contributed by atoms with van der Waals surface area (Å²) in [7, 11) is 0. The van der Waals surface area contributed by atoms with Gasteiger partial charge in [-0.25, -0.2) is 0 Å². The highest BCUT2D eigenvalue weighted by atomic mass is 16.7. The highest BCUT2D eigenvalue weighted by molar-refractivity contribution is 5.76. The van der Waals surface area contributed by atoms with E-state index >= 15 is 0 Å². The lowest BCUT2D eigenvalue weighted by Crippen LogP contribution is -2.60. The van der Waals surface area contributed by atoms with Crippen LogP contribution in [0.15, 0.2) is 12.2 Å². The average molecular weight is 1020 g/mol. The fourth-order valence-electron chi connectivity index (χ4n) is 10.6. The molecule has 1 aliphatic heterocycles. The molecule has 1 aliphatic rings. The number of allylic oxidation sites excluding steroid dienone is 1. The van der Waals surface area contributed by atoms with Crippen LogP contribution >= 0.6 is 0 Å². The summed E-state index contributed by atoms with van der Waals surface area (Å²) >= 11 is 0. The second-order valence-electron chi connectivity index (χ2n) is 22.6. The minimum atomic E-state index is -1.56. The predicted molar refractivity (Wildman–Crippen MR) is 304 cm³/mol. The van der Waals surface area contributed by atoms with Crippen molar-refractivity contribution in [3.05, 3.63) is 12.2 Å². The standard InChI is InChI=1S/C63H123NO8/c1-3-5-7-9-11-13-15-17-19-21-22-23-24-25-26-27-28-29-30-31-32-33-34-35-37-38-40-42-44-46-48-50-52-57(66)56(55-71-63-62(70)61(69)60(68)58(54-65)72-63)64-59(67)53-51-49-47-45-43-41-39-36-20-18-16-14-12-10-8-6-4-2/h50,52,56-58,60-63,65-66,68-70H,3-49,51,53-55H2,1-2H3,(H,64,67)/b52-50+. The van der Waals surface area contributed by atoms with Crippen molar-refractivity contribution in [1.29, 1.82) is 0 Å². The van der Waals surface area contributed by atoms with E-state index in [1.807, 2.05) is 6.08 Å². The molecule has 7 unspecified atom stereocenters. The van der Waals surface area contributed by atoms with Crippen molar-refractivity contribution in [2.45, 2.75) is 371 Å². The summed E-state index contributed by atoms with van der Waals surface area (Å²) in [6.45, 7) is 3.83. The lowest BCUT2D eigenvalue weighted by atomic mass is 9.99. The van der Waals surface area contributed by atoms with Gasteiger partial charge in [0.25, 0.3) is 0 Å². The number of rotatable bonds is 56. The summed E-state index contributed by atoms with van der Waals surface area (Å²) < 4.78 is 11.3. The molecule has 6 N–H and O–H groups in total. The highest BCUT2D eigenvalue weighted by Crippen LogP contribution is 2.23. The van der Waals surface area contributed by atoms with Gasteiger partial charge in [-0.05, 0) is 19.3 Å². The molecule has 0 aromatic heterocycles. The molecule has 1 saturated heterocycles. The Labute approximate surface area is 446 Å². The molecule has 72 heavy (non-hydrogen) atoms. The molecule has 1 rings (SSSR count). The Balaban J connectivity index is 2.13. The smallest absolute Gasteiger partial charge is 0.220 e. The van der Waals surface area contributed by atoms with Crippen molar-refractivity contribution in [2.24, 2.45) is 0 Å². The van der Waals surface area contributed by atoms with Crippen molar-refractivity contribution in [2.75, 3.05) is 13.2 Å². The van der Waals surface area contributed by atoms with Gasteiger partial charge in [0.1, 0.15) is 24.4 Å². The quantitative estimate of drug-likeness (QED) is 0.0261. The van der Waals surface area contributed by atoms with Crippen molar-refractivity contribution < 1.29 is 39.8 Å². The maximum Gasteiger partial charge on any atom is 0.220 e. The third-order valence-corrected chi connectivity index (χ3v) is 15.6. The van der Waals surface area contributed by atoms with Crippen LogP contribution in [0.2, 0.25) is 0 Å². The highest BCUT2D eigenvalue weighted by Gasteiger charge is 2.44. The van der Waals surface area contributed by atoms with Gasteiger partial charge < -0.3 is 40.3 Å². The second kappa shape index (κ2) is 53.3. The third-order valence-electron chi connectivity index (χ3n) is 15.6. The summed E-state index contributed by atoms with van der Waals surface area (Å²) in [5.74, 6) is -0.170. The minimum absolute atomic E-state index is 0.170. The molecule has 7 atom stereocenters. The number of carbonyl (C=O) groups is 1. The zero-order chi connectivity index (χ0) is 52.2. The van der Waals surface area contributed by atoms with Crippen LogP contribution in [0.4, 0.5) is 0 Å². The molecule has 9 heteroatoms. The van der Waals surface area contributed by atoms with Gasteiger partial charge in [0.05, 0.1) is 25.4 Å². The summed E-state index contributed by atoms with van der Waals surface area (Å²) in [5.41, 5.74) is 0. The van der Waals surface area contributed by atoms with Crippen LogP contribution in [0, 0.1) is 0 Å². The van der Waals surface area contributed by atoms with E-state index in [2.05, 4.69) is 19.2 Å². The molecule has 1 heterocycles. The number of aliphatic hydroxyl groups is 5. The SMILES string of the molecule is CCCCCCCCCCCCCCCCCCCCCCCCCCCCCCCC/C=C/C(O)C(COC1OC(CO)C(O)C(O)C1O)NC(=O)CCCCCCCCCCCCCCCCCCC. The van der Waals surface area contributed by atoms with Gasteiger partial charge in [-0.15, -0.1) is 0 Å². The van der Waals surface area contributed by atoms with Crippen molar-refractivity contribution in [1.82, 2.24) is 5.32 Å². The van der Waals surface area contributed by atoms with Crippen molar-refractivity contribution >= 4 is 5.91 Å². The Bertz CT molecular complexity index is 1140. The molecule has 0 saturated carbocycles. The Morgan fingerprint density at radius 3 is 1.08 bits per heavy atom. The molecule has 428 valence electrons. The molecule has 0 aliphatic carbocycles. The van der Waals surface area contributed by atoms with Gasteiger partial charge in [0.2, 0.25) is 5.91 Å². The first-order valence-electron chi connectivity index (χ1n) is 31.9. The summed E-state index contributed by atoms with van der Waals surface area (Å²) in [6.07, 6.45) is 60.2. The maximum absolute atomic E-state index is 13.1. The number of amides is 1. The average Bonchev–Trinajstić information content (AvgIpc) is 3.38. The van der Waals surface area contributed by atoms with Gasteiger partial charge in [0.15, 0.2) is 6.29 Å². The monoisotopic (exact) mass is 1020 g/mol. The van der Waals surface area contributed by atoms with E-state index in [0.717, 1.165) is 38.5 Å². The van der Waals surface area contributed by atoms with Gasteiger partial charge in [-0.1, -0.05) is 315 Å². The number of carbonyl (C=O) groups excluding carboxylic acids is 1. The van der Waals surface area contributed by atoms with Crippen LogP contribution in [-0.2, 0) is 14.3 Å². The van der Waals surface area contributed by atoms with E-state index in [1.165, 1.54) is 270 Å². The van der Waals surface area contributed by atoms with Crippen LogP contribution in [0.3, 0.4) is 0 Å². The number of unbranched alkanes of at least 4 members (excludes halogenated alkanes) is 46. The van der Waals surface area contributed by atoms with Crippen molar-refractivity contribution in [3.8, 4) is 0 Å². The van der Waals surface area contributed by atoms with Gasteiger partial charge in [-0.2, -0.15) is 0 Å². The zero-order valence-corrected chi connectivity index (χ0v) is 47.7. The Hall–Kier alpha value is -1.07. The Morgan fingerprint density at radius 1 is 0.458 bits per heavy atom. The van der Waals surface area contributed by atoms with E-state index in [1.54, 1.807) is 6.08 Å². The fraction of sp³-hybridized carbons (Fsp3) is 0.952. The Morgan fingerprint density at radius 2 is 0.764 bits per heavy atom. The molecule has 1 fully saturated rings. The molecule has 1 amide bonds. The number of hydrogen-bond acceptors (Lipinski definition) is 8. The minimum Gasteiger partial charge on any atom is -0.394 e. The van der Waals surface area contributed by atoms with E-state index in [9.17, 15) is 30.3 Å². The summed E-state index contributed by atoms with van der Waals surface area (Å²) in [6, 6.07) is -0.801. The number of hydrogen-bond donors (Lipinski definition) is 6. The molecular weight excluding hydrogens is 899 g/mol. The first kappa shape index (κ1) is 68.9. The summed E-state index contributed by atoms with van der Waals surface area (Å²) in [4.78, 5) is 13.1. The predicted octanol–water partition coefficient (Wildman–Crippen LogP) is 16.4. The molecular formula is C63H123NO8. The fourth-order valence-corrected chi connectivity index (χ4v) is 10.6. The molecule has 0 aromatic carbocycles. The van der Waals surface area contributed by atoms with Crippen LogP contribution in [-0.4, -0.2) is 87.5 Å². The van der Waals surface area contributed by atoms with Gasteiger partial charge in [-0.3, -0.25) is 4.79 Å². The van der Waals surface area contributed by atoms with Crippen molar-refractivity contribution in [3.63, 3.8) is 0 Å². The van der Waals surface area contributed by atoms with Gasteiger partial charge in [0, 0.05) is 6.42 Å². The number of aliphatic hydroxyl groups excluding tert-OH is 5. The van der Waals surface area contributed by atoms with E-state index in [0.29, 0.717) is 6.42 Å². The summed E-state index contributed by atoms with van der Waals surface area (Å²) in [5, 5.41) is 54.6. The van der Waals surface area contributed by atoms with E-state index in [4.69, 9.17) is 9.47 Å². The van der Waals surface area contributed by atoms with Crippen LogP contribution in [0.1, 0.15) is 328 Å². The largest absolute Gasteiger partial charge is 0.394 e. The number of ether oxygens (including phenoxy) is 2. The second-order valence-corrected chi connectivity index (χ2v) is 22.6. The topological polar surface area (TPSA) is 149 Å². The molecule has 0 spiro atoms. The lowest BCUT2D eigenvalue weighted by molar-refractivity contribution is -0.302. The molecule has 0 radical (unpaired) electrons. The number of nitrogens with one attached hydrogen (secondary N) is 1. The van der Waals surface area contributed by atoms with E-state index < -0.39 is 49.5 Å². The third kappa shape index (κ3) is 42.1. The molecule has 0 aromatic rings. The maximum atomic E-state index is 13.1. The van der Waals surface area contributed by atoms with Crippen LogP contribution in [0.25, 0.3) is 0 Å². The first-order valence-corrected chi connectivity index (χ1v) is 31.9. The van der Waals surface area contributed by atoms with E-state index in [-0.39, 0.29) is 12.5 Å². The van der Waals surface area contributed by atoms with Gasteiger partial charge >= 0.3 is 0 Å². The first-order chi connectivity index (χ1) is 35.3. The lowest BCUT2D eigenvalue weighted by Gasteiger charge is -2.40. The molecule has 9 nitrogen and oxygen atoms in total.